The van der Waals surface area contributed by atoms with Gasteiger partial charge in [0.25, 0.3) is 0 Å². The highest BCUT2D eigenvalue weighted by Crippen LogP contribution is 2.15. The first-order valence-corrected chi connectivity index (χ1v) is 3.45. The first-order valence-electron chi connectivity index (χ1n) is 3.07. The van der Waals surface area contributed by atoms with E-state index in [0.717, 1.165) is 0 Å². The summed E-state index contributed by atoms with van der Waals surface area (Å²) in [6.07, 6.45) is -1.05. The monoisotopic (exact) mass is 167 g/mol. The zero-order chi connectivity index (χ0) is 8.27. The topological polar surface area (TPSA) is 44.0 Å². The molecule has 1 unspecified atom stereocenters. The van der Waals surface area contributed by atoms with Gasteiger partial charge in [-0.2, -0.15) is 5.26 Å². The van der Waals surface area contributed by atoms with Gasteiger partial charge in [0.2, 0.25) is 0 Å². The van der Waals surface area contributed by atoms with Crippen LogP contribution in [-0.2, 0) is 0 Å². The highest BCUT2D eigenvalue weighted by molar-refractivity contribution is 6.30. The third kappa shape index (κ3) is 1.94. The Morgan fingerprint density at radius 3 is 2.36 bits per heavy atom. The van der Waals surface area contributed by atoms with E-state index in [1.54, 1.807) is 30.3 Å². The van der Waals surface area contributed by atoms with Crippen LogP contribution in [0.2, 0.25) is 5.02 Å². The van der Waals surface area contributed by atoms with Crippen LogP contribution in [0.25, 0.3) is 0 Å². The van der Waals surface area contributed by atoms with E-state index in [2.05, 4.69) is 0 Å². The van der Waals surface area contributed by atoms with Gasteiger partial charge in [0.15, 0.2) is 6.10 Å². The first-order chi connectivity index (χ1) is 5.24. The van der Waals surface area contributed by atoms with Crippen LogP contribution in [0, 0.1) is 11.3 Å². The average molecular weight is 168 g/mol. The molecule has 0 saturated heterocycles. The number of rotatable bonds is 1. The maximum absolute atomic E-state index is 9.02. The van der Waals surface area contributed by atoms with Crippen LogP contribution in [0.1, 0.15) is 11.7 Å². The molecule has 11 heavy (non-hydrogen) atoms. The number of halogens is 1. The molecule has 0 fully saturated rings. The Balaban J connectivity index is 2.92. The molecule has 0 aliphatic heterocycles. The molecule has 0 heterocycles. The number of aliphatic hydroxyl groups excluding tert-OH is 1. The molecule has 0 spiro atoms. The maximum Gasteiger partial charge on any atom is 0.165 e. The summed E-state index contributed by atoms with van der Waals surface area (Å²) in [5.41, 5.74) is 0.567. The molecule has 1 aromatic carbocycles. The van der Waals surface area contributed by atoms with E-state index < -0.39 is 6.10 Å². The molecule has 0 aromatic heterocycles. The third-order valence-corrected chi connectivity index (χ3v) is 1.56. The average Bonchev–Trinajstić information content (AvgIpc) is 2.05. The number of benzene rings is 1. The molecule has 0 aliphatic carbocycles. The fourth-order valence-electron chi connectivity index (χ4n) is 0.720. The minimum Gasteiger partial charge on any atom is -0.374 e. The Labute approximate surface area is 69.7 Å². The molecule has 1 rings (SSSR count). The van der Waals surface area contributed by atoms with Crippen LogP contribution >= 0.6 is 11.6 Å². The van der Waals surface area contributed by atoms with Gasteiger partial charge in [-0.15, -0.1) is 0 Å². The first kappa shape index (κ1) is 8.06. The van der Waals surface area contributed by atoms with Gasteiger partial charge in [-0.25, -0.2) is 0 Å². The highest BCUT2D eigenvalue weighted by Gasteiger charge is 2.03. The lowest BCUT2D eigenvalue weighted by molar-refractivity contribution is 0.236. The van der Waals surface area contributed by atoms with Crippen molar-refractivity contribution in [3.05, 3.63) is 34.9 Å². The van der Waals surface area contributed by atoms with E-state index in [1.807, 2.05) is 0 Å². The van der Waals surface area contributed by atoms with Crippen molar-refractivity contribution in [1.29, 1.82) is 5.26 Å². The highest BCUT2D eigenvalue weighted by atomic mass is 35.5. The van der Waals surface area contributed by atoms with E-state index >= 15 is 0 Å². The lowest BCUT2D eigenvalue weighted by Crippen LogP contribution is -1.91. The molecule has 1 atom stereocenters. The summed E-state index contributed by atoms with van der Waals surface area (Å²) in [6, 6.07) is 8.23. The molecule has 0 aliphatic rings. The van der Waals surface area contributed by atoms with Crippen molar-refractivity contribution in [2.75, 3.05) is 0 Å². The molecule has 0 bridgehead atoms. The van der Waals surface area contributed by atoms with E-state index in [9.17, 15) is 0 Å². The van der Waals surface area contributed by atoms with Crippen molar-refractivity contribution in [3.8, 4) is 6.07 Å². The SMILES string of the molecule is N#CC(O)c1ccc(Cl)cc1. The lowest BCUT2D eigenvalue weighted by atomic mass is 10.1. The van der Waals surface area contributed by atoms with Crippen molar-refractivity contribution >= 4 is 11.6 Å². The number of hydrogen-bond acceptors (Lipinski definition) is 2. The van der Waals surface area contributed by atoms with Gasteiger partial charge in [0, 0.05) is 5.02 Å². The second-order valence-corrected chi connectivity index (χ2v) is 2.52. The normalized spacial score (nSPS) is 12.1. The summed E-state index contributed by atoms with van der Waals surface area (Å²) in [5, 5.41) is 17.9. The summed E-state index contributed by atoms with van der Waals surface area (Å²) >= 11 is 5.60. The molecule has 1 N–H and O–H groups in total. The largest absolute Gasteiger partial charge is 0.374 e. The van der Waals surface area contributed by atoms with Gasteiger partial charge in [-0.3, -0.25) is 0 Å². The van der Waals surface area contributed by atoms with Crippen LogP contribution < -0.4 is 0 Å². The van der Waals surface area contributed by atoms with E-state index in [4.69, 9.17) is 22.0 Å². The second kappa shape index (κ2) is 3.38. The van der Waals surface area contributed by atoms with Gasteiger partial charge in [0.05, 0.1) is 6.07 Å². The Morgan fingerprint density at radius 2 is 1.91 bits per heavy atom. The molecular formula is C8H6ClNO. The fourth-order valence-corrected chi connectivity index (χ4v) is 0.846. The smallest absolute Gasteiger partial charge is 0.165 e. The van der Waals surface area contributed by atoms with Gasteiger partial charge >= 0.3 is 0 Å². The van der Waals surface area contributed by atoms with Crippen molar-refractivity contribution in [3.63, 3.8) is 0 Å². The lowest BCUT2D eigenvalue weighted by Gasteiger charge is -1.99. The molecule has 0 radical (unpaired) electrons. The van der Waals surface area contributed by atoms with E-state index in [1.165, 1.54) is 0 Å². The number of nitrogens with zero attached hydrogens (tertiary/aromatic N) is 1. The third-order valence-electron chi connectivity index (χ3n) is 1.31. The summed E-state index contributed by atoms with van der Waals surface area (Å²) in [4.78, 5) is 0. The molecule has 1 aromatic rings. The van der Waals surface area contributed by atoms with Crippen LogP contribution in [0.3, 0.4) is 0 Å². The Kier molecular flexibility index (Phi) is 2.48. The Hall–Kier alpha value is -1.04. The van der Waals surface area contributed by atoms with E-state index in [-0.39, 0.29) is 0 Å². The van der Waals surface area contributed by atoms with Crippen molar-refractivity contribution in [1.82, 2.24) is 0 Å². The van der Waals surface area contributed by atoms with Crippen molar-refractivity contribution in [2.24, 2.45) is 0 Å². The number of hydrogen-bond donors (Lipinski definition) is 1. The van der Waals surface area contributed by atoms with Gasteiger partial charge in [0.1, 0.15) is 0 Å². The molecule has 3 heteroatoms. The van der Waals surface area contributed by atoms with Crippen LogP contribution in [0.15, 0.2) is 24.3 Å². The summed E-state index contributed by atoms with van der Waals surface area (Å²) in [5.74, 6) is 0. The standard InChI is InChI=1S/C8H6ClNO/c9-7-3-1-6(2-4-7)8(11)5-10/h1-4,8,11H. The minimum atomic E-state index is -1.05. The minimum absolute atomic E-state index is 0.567. The molecule has 56 valence electrons. The second-order valence-electron chi connectivity index (χ2n) is 2.08. The summed E-state index contributed by atoms with van der Waals surface area (Å²) < 4.78 is 0. The molecule has 2 nitrogen and oxygen atoms in total. The molecular weight excluding hydrogens is 162 g/mol. The van der Waals surface area contributed by atoms with E-state index in [0.29, 0.717) is 10.6 Å². The zero-order valence-corrected chi connectivity index (χ0v) is 6.42. The predicted molar refractivity (Wildman–Crippen MR) is 42.0 cm³/mol. The van der Waals surface area contributed by atoms with Crippen LogP contribution in [0.4, 0.5) is 0 Å². The predicted octanol–water partition coefficient (Wildman–Crippen LogP) is 1.90. The summed E-state index contributed by atoms with van der Waals surface area (Å²) in [6.45, 7) is 0. The molecule has 0 saturated carbocycles. The quantitative estimate of drug-likeness (QED) is 0.650. The van der Waals surface area contributed by atoms with Gasteiger partial charge in [-0.1, -0.05) is 23.7 Å². The van der Waals surface area contributed by atoms with Crippen molar-refractivity contribution in [2.45, 2.75) is 6.10 Å². The van der Waals surface area contributed by atoms with Gasteiger partial charge in [-0.05, 0) is 17.7 Å². The fraction of sp³-hybridized carbons (Fsp3) is 0.125. The number of nitriles is 1. The van der Waals surface area contributed by atoms with Crippen LogP contribution in [0.5, 0.6) is 0 Å². The maximum atomic E-state index is 9.02. The zero-order valence-electron chi connectivity index (χ0n) is 5.66. The molecule has 0 amide bonds. The Bertz CT molecular complexity index is 275. The van der Waals surface area contributed by atoms with Gasteiger partial charge < -0.3 is 5.11 Å². The van der Waals surface area contributed by atoms with Crippen molar-refractivity contribution < 1.29 is 5.11 Å². The number of aliphatic hydroxyl groups is 1. The summed E-state index contributed by atoms with van der Waals surface area (Å²) in [7, 11) is 0. The Morgan fingerprint density at radius 1 is 1.36 bits per heavy atom. The van der Waals surface area contributed by atoms with Crippen LogP contribution in [-0.4, -0.2) is 5.11 Å².